The van der Waals surface area contributed by atoms with Crippen LogP contribution in [0.1, 0.15) is 13.8 Å². The highest BCUT2D eigenvalue weighted by Gasteiger charge is 2.29. The summed E-state index contributed by atoms with van der Waals surface area (Å²) in [5.41, 5.74) is 4.62. The first kappa shape index (κ1) is 16.5. The van der Waals surface area contributed by atoms with Crippen LogP contribution in [0.4, 0.5) is 10.1 Å². The third kappa shape index (κ3) is 3.71. The third-order valence-electron chi connectivity index (χ3n) is 2.79. The Labute approximate surface area is 116 Å². The van der Waals surface area contributed by atoms with Gasteiger partial charge in [0.05, 0.1) is 4.92 Å². The van der Waals surface area contributed by atoms with Gasteiger partial charge in [0, 0.05) is 12.6 Å². The molecule has 0 aromatic heterocycles. The van der Waals surface area contributed by atoms with Crippen molar-refractivity contribution in [3.63, 3.8) is 0 Å². The molecule has 9 heteroatoms. The molecule has 7 nitrogen and oxygen atoms in total. The number of halogens is 1. The molecule has 0 heterocycles. The standard InChI is InChI=1S/C11H16FN3O4S/c1-7(2)9(13)6-14-20(18,19)10-5-3-4-8(12)11(10)15(16)17/h3-5,7,9,14H,6,13H2,1-2H3. The molecule has 1 unspecified atom stereocenters. The predicted octanol–water partition coefficient (Wildman–Crippen LogP) is 0.996. The summed E-state index contributed by atoms with van der Waals surface area (Å²) < 4.78 is 39.6. The van der Waals surface area contributed by atoms with Gasteiger partial charge >= 0.3 is 5.69 Å². The zero-order valence-electron chi connectivity index (χ0n) is 11.0. The van der Waals surface area contributed by atoms with E-state index in [2.05, 4.69) is 4.72 Å². The third-order valence-corrected chi connectivity index (χ3v) is 4.24. The Morgan fingerprint density at radius 1 is 1.45 bits per heavy atom. The van der Waals surface area contributed by atoms with E-state index < -0.39 is 37.4 Å². The smallest absolute Gasteiger partial charge is 0.324 e. The zero-order valence-corrected chi connectivity index (χ0v) is 11.9. The molecular formula is C11H16FN3O4S. The van der Waals surface area contributed by atoms with Crippen LogP contribution >= 0.6 is 0 Å². The van der Waals surface area contributed by atoms with Gasteiger partial charge in [0.1, 0.15) is 0 Å². The molecule has 1 atom stereocenters. The lowest BCUT2D eigenvalue weighted by Gasteiger charge is -2.16. The van der Waals surface area contributed by atoms with E-state index in [-0.39, 0.29) is 12.5 Å². The second-order valence-electron chi connectivity index (χ2n) is 4.60. The number of nitrogens with one attached hydrogen (secondary N) is 1. The number of hydrogen-bond donors (Lipinski definition) is 2. The second kappa shape index (κ2) is 6.25. The van der Waals surface area contributed by atoms with Crippen molar-refractivity contribution < 1.29 is 17.7 Å². The highest BCUT2D eigenvalue weighted by atomic mass is 32.2. The van der Waals surface area contributed by atoms with E-state index in [0.29, 0.717) is 0 Å². The molecule has 0 aliphatic rings. The Morgan fingerprint density at radius 2 is 2.05 bits per heavy atom. The minimum atomic E-state index is -4.20. The van der Waals surface area contributed by atoms with Crippen molar-refractivity contribution in [3.8, 4) is 0 Å². The van der Waals surface area contributed by atoms with Gasteiger partial charge in [-0.1, -0.05) is 19.9 Å². The monoisotopic (exact) mass is 305 g/mol. The second-order valence-corrected chi connectivity index (χ2v) is 6.34. The van der Waals surface area contributed by atoms with Crippen molar-refractivity contribution >= 4 is 15.7 Å². The Kier molecular flexibility index (Phi) is 5.15. The van der Waals surface area contributed by atoms with E-state index >= 15 is 0 Å². The fourth-order valence-corrected chi connectivity index (χ4v) is 2.66. The Bertz CT molecular complexity index is 604. The molecule has 1 aromatic carbocycles. The van der Waals surface area contributed by atoms with Crippen molar-refractivity contribution in [2.24, 2.45) is 11.7 Å². The van der Waals surface area contributed by atoms with E-state index in [0.717, 1.165) is 18.2 Å². The topological polar surface area (TPSA) is 115 Å². The van der Waals surface area contributed by atoms with Crippen LogP contribution in [0.3, 0.4) is 0 Å². The molecule has 112 valence electrons. The quantitative estimate of drug-likeness (QED) is 0.601. The minimum absolute atomic E-state index is 0.0280. The first-order chi connectivity index (χ1) is 9.16. The van der Waals surface area contributed by atoms with Gasteiger partial charge in [0.2, 0.25) is 15.8 Å². The number of para-hydroxylation sites is 1. The van der Waals surface area contributed by atoms with Crippen molar-refractivity contribution in [2.45, 2.75) is 24.8 Å². The number of nitrogens with zero attached hydrogens (tertiary/aromatic N) is 1. The summed E-state index contributed by atoms with van der Waals surface area (Å²) in [6.07, 6.45) is 0. The van der Waals surface area contributed by atoms with Gasteiger partial charge in [-0.25, -0.2) is 13.1 Å². The summed E-state index contributed by atoms with van der Waals surface area (Å²) >= 11 is 0. The zero-order chi connectivity index (χ0) is 15.5. The van der Waals surface area contributed by atoms with Gasteiger partial charge in [0.25, 0.3) is 0 Å². The summed E-state index contributed by atoms with van der Waals surface area (Å²) in [4.78, 5) is 9.01. The lowest BCUT2D eigenvalue weighted by Crippen LogP contribution is -2.40. The van der Waals surface area contributed by atoms with E-state index in [1.54, 1.807) is 0 Å². The van der Waals surface area contributed by atoms with Crippen LogP contribution in [0.5, 0.6) is 0 Å². The molecule has 0 amide bonds. The van der Waals surface area contributed by atoms with Crippen LogP contribution in [-0.4, -0.2) is 25.9 Å². The van der Waals surface area contributed by atoms with Gasteiger partial charge in [-0.2, -0.15) is 4.39 Å². The number of hydrogen-bond acceptors (Lipinski definition) is 5. The Morgan fingerprint density at radius 3 is 2.55 bits per heavy atom. The SMILES string of the molecule is CC(C)C(N)CNS(=O)(=O)c1cccc(F)c1[N+](=O)[O-]. The average Bonchev–Trinajstić information content (AvgIpc) is 2.35. The molecule has 20 heavy (non-hydrogen) atoms. The maximum Gasteiger partial charge on any atom is 0.324 e. The van der Waals surface area contributed by atoms with Gasteiger partial charge < -0.3 is 5.73 Å². The van der Waals surface area contributed by atoms with Gasteiger partial charge in [-0.05, 0) is 18.1 Å². The first-order valence-electron chi connectivity index (χ1n) is 5.85. The lowest BCUT2D eigenvalue weighted by atomic mass is 10.1. The average molecular weight is 305 g/mol. The minimum Gasteiger partial charge on any atom is -0.326 e. The number of sulfonamides is 1. The molecule has 0 saturated carbocycles. The maximum atomic E-state index is 13.4. The van der Waals surface area contributed by atoms with E-state index in [4.69, 9.17) is 5.73 Å². The number of nitro groups is 1. The number of nitro benzene ring substituents is 1. The fraction of sp³-hybridized carbons (Fsp3) is 0.455. The van der Waals surface area contributed by atoms with Crippen LogP contribution in [-0.2, 0) is 10.0 Å². The summed E-state index contributed by atoms with van der Waals surface area (Å²) in [7, 11) is -4.20. The molecule has 0 spiro atoms. The molecule has 0 radical (unpaired) electrons. The molecule has 3 N–H and O–H groups in total. The predicted molar refractivity (Wildman–Crippen MR) is 71.1 cm³/mol. The number of benzene rings is 1. The molecule has 0 aliphatic carbocycles. The van der Waals surface area contributed by atoms with Crippen LogP contribution in [0, 0.1) is 21.8 Å². The fourth-order valence-electron chi connectivity index (χ4n) is 1.41. The number of rotatable bonds is 6. The van der Waals surface area contributed by atoms with Crippen LogP contribution in [0.25, 0.3) is 0 Å². The molecule has 1 aromatic rings. The molecule has 0 saturated heterocycles. The van der Waals surface area contributed by atoms with Crippen molar-refractivity contribution in [3.05, 3.63) is 34.1 Å². The van der Waals surface area contributed by atoms with Crippen molar-refractivity contribution in [1.82, 2.24) is 4.72 Å². The summed E-state index contributed by atoms with van der Waals surface area (Å²) in [6, 6.07) is 2.46. The van der Waals surface area contributed by atoms with E-state index in [1.165, 1.54) is 0 Å². The lowest BCUT2D eigenvalue weighted by molar-refractivity contribution is -0.390. The van der Waals surface area contributed by atoms with Gasteiger partial charge in [-0.3, -0.25) is 10.1 Å². The summed E-state index contributed by atoms with van der Waals surface area (Å²) in [5, 5.41) is 10.8. The van der Waals surface area contributed by atoms with Gasteiger partial charge in [-0.15, -0.1) is 0 Å². The first-order valence-corrected chi connectivity index (χ1v) is 7.33. The van der Waals surface area contributed by atoms with E-state index in [1.807, 2.05) is 13.8 Å². The number of nitrogens with two attached hydrogens (primary N) is 1. The Balaban J connectivity index is 3.11. The highest BCUT2D eigenvalue weighted by Crippen LogP contribution is 2.26. The summed E-state index contributed by atoms with van der Waals surface area (Å²) in [6.45, 7) is 3.53. The largest absolute Gasteiger partial charge is 0.326 e. The Hall–Kier alpha value is -1.58. The summed E-state index contributed by atoms with van der Waals surface area (Å²) in [5.74, 6) is -1.17. The van der Waals surface area contributed by atoms with E-state index in [9.17, 15) is 22.9 Å². The van der Waals surface area contributed by atoms with Crippen LogP contribution < -0.4 is 10.5 Å². The van der Waals surface area contributed by atoms with Crippen LogP contribution in [0.15, 0.2) is 23.1 Å². The van der Waals surface area contributed by atoms with Crippen LogP contribution in [0.2, 0.25) is 0 Å². The molecule has 0 bridgehead atoms. The highest BCUT2D eigenvalue weighted by molar-refractivity contribution is 7.89. The molecular weight excluding hydrogens is 289 g/mol. The van der Waals surface area contributed by atoms with Gasteiger partial charge in [0.15, 0.2) is 4.90 Å². The molecule has 0 fully saturated rings. The van der Waals surface area contributed by atoms with Crippen molar-refractivity contribution in [2.75, 3.05) is 6.54 Å². The molecule has 0 aliphatic heterocycles. The molecule has 1 rings (SSSR count). The van der Waals surface area contributed by atoms with Crippen molar-refractivity contribution in [1.29, 1.82) is 0 Å². The normalized spacial score (nSPS) is 13.4. The maximum absolute atomic E-state index is 13.4.